The second-order valence-electron chi connectivity index (χ2n) is 5.72. The van der Waals surface area contributed by atoms with E-state index in [4.69, 9.17) is 24.1 Å². The number of nitrogens with one attached hydrogen (secondary N) is 2. The third-order valence-corrected chi connectivity index (χ3v) is 3.62. The van der Waals surface area contributed by atoms with Gasteiger partial charge in [-0.3, -0.25) is 0 Å². The molecule has 0 unspecified atom stereocenters. The molecule has 9 heteroatoms. The van der Waals surface area contributed by atoms with Gasteiger partial charge >= 0.3 is 12.2 Å². The van der Waals surface area contributed by atoms with Gasteiger partial charge in [-0.1, -0.05) is 12.1 Å². The number of ether oxygens (including phenoxy) is 4. The first kappa shape index (κ1) is 22.0. The first-order valence-corrected chi connectivity index (χ1v) is 8.93. The summed E-state index contributed by atoms with van der Waals surface area (Å²) in [6.45, 7) is 0.961. The van der Waals surface area contributed by atoms with E-state index >= 15 is 0 Å². The van der Waals surface area contributed by atoms with Crippen LogP contribution in [0.1, 0.15) is 5.56 Å². The van der Waals surface area contributed by atoms with Crippen LogP contribution in [0.15, 0.2) is 48.5 Å². The molecule has 0 aliphatic rings. The van der Waals surface area contributed by atoms with Gasteiger partial charge in [-0.05, 0) is 42.0 Å². The summed E-state index contributed by atoms with van der Waals surface area (Å²) in [4.78, 5) is 23.3. The largest absolute Gasteiger partial charge is 0.497 e. The fourth-order valence-electron chi connectivity index (χ4n) is 2.15. The smallest absolute Gasteiger partial charge is 0.412 e. The highest BCUT2D eigenvalue weighted by Crippen LogP contribution is 2.17. The highest BCUT2D eigenvalue weighted by molar-refractivity contribution is 5.70. The molecule has 2 aromatic rings. The number of aliphatic hydroxyl groups is 1. The predicted molar refractivity (Wildman–Crippen MR) is 104 cm³/mol. The fourth-order valence-corrected chi connectivity index (χ4v) is 2.15. The molecule has 0 aliphatic carbocycles. The van der Waals surface area contributed by atoms with Crippen molar-refractivity contribution in [2.45, 2.75) is 6.61 Å². The molecule has 0 saturated carbocycles. The summed E-state index contributed by atoms with van der Waals surface area (Å²) in [6, 6.07) is 13.1. The minimum atomic E-state index is -0.605. The van der Waals surface area contributed by atoms with E-state index in [1.165, 1.54) is 0 Å². The molecule has 0 atom stereocenters. The Bertz CT molecular complexity index is 698. The van der Waals surface area contributed by atoms with E-state index in [-0.39, 0.29) is 32.9 Å². The van der Waals surface area contributed by atoms with Crippen molar-refractivity contribution >= 4 is 12.2 Å². The molecule has 0 spiro atoms. The van der Waals surface area contributed by atoms with Gasteiger partial charge in [0.25, 0.3) is 0 Å². The standard InChI is InChI=1S/C20H24N2O7/c1-26-16-6-8-18(9-7-16)29-20(25)22-11-13-27-12-10-21-19(24)28-17-4-2-15(14-23)3-5-17/h2-9,23H,10-14H2,1H3,(H,21,24)(H,22,25). The van der Waals surface area contributed by atoms with Crippen LogP contribution >= 0.6 is 0 Å². The number of aliphatic hydroxyl groups excluding tert-OH is 1. The van der Waals surface area contributed by atoms with Gasteiger partial charge in [0.15, 0.2) is 0 Å². The minimum Gasteiger partial charge on any atom is -0.497 e. The van der Waals surface area contributed by atoms with Crippen molar-refractivity contribution < 1.29 is 33.6 Å². The lowest BCUT2D eigenvalue weighted by Gasteiger charge is -2.09. The average Bonchev–Trinajstić information content (AvgIpc) is 2.74. The summed E-state index contributed by atoms with van der Waals surface area (Å²) in [5.41, 5.74) is 0.729. The number of amides is 2. The number of hydrogen-bond acceptors (Lipinski definition) is 7. The monoisotopic (exact) mass is 404 g/mol. The fraction of sp³-hybridized carbons (Fsp3) is 0.300. The molecule has 0 bridgehead atoms. The maximum Gasteiger partial charge on any atom is 0.412 e. The van der Waals surface area contributed by atoms with Crippen molar-refractivity contribution in [3.8, 4) is 17.2 Å². The van der Waals surface area contributed by atoms with Gasteiger partial charge in [0, 0.05) is 13.1 Å². The summed E-state index contributed by atoms with van der Waals surface area (Å²) in [5.74, 6) is 1.45. The molecule has 2 rings (SSSR count). The molecule has 3 N–H and O–H groups in total. The molecule has 156 valence electrons. The number of carbonyl (C=O) groups excluding carboxylic acids is 2. The van der Waals surface area contributed by atoms with Gasteiger partial charge in [-0.15, -0.1) is 0 Å². The highest BCUT2D eigenvalue weighted by atomic mass is 16.6. The van der Waals surface area contributed by atoms with Gasteiger partial charge in [-0.25, -0.2) is 9.59 Å². The zero-order valence-corrected chi connectivity index (χ0v) is 16.1. The summed E-state index contributed by atoms with van der Waals surface area (Å²) < 4.78 is 20.5. The van der Waals surface area contributed by atoms with Crippen molar-refractivity contribution in [2.24, 2.45) is 0 Å². The third-order valence-electron chi connectivity index (χ3n) is 3.62. The van der Waals surface area contributed by atoms with Crippen molar-refractivity contribution in [1.29, 1.82) is 0 Å². The molecule has 0 aromatic heterocycles. The zero-order chi connectivity index (χ0) is 20.9. The Morgan fingerprint density at radius 1 is 0.793 bits per heavy atom. The maximum absolute atomic E-state index is 11.7. The molecule has 0 radical (unpaired) electrons. The quantitative estimate of drug-likeness (QED) is 0.519. The predicted octanol–water partition coefficient (Wildman–Crippen LogP) is 2.08. The molecule has 9 nitrogen and oxygen atoms in total. The van der Waals surface area contributed by atoms with Gasteiger partial charge in [0.05, 0.1) is 26.9 Å². The lowest BCUT2D eigenvalue weighted by atomic mass is 10.2. The summed E-state index contributed by atoms with van der Waals surface area (Å²) in [5, 5.41) is 14.1. The van der Waals surface area contributed by atoms with Crippen LogP contribution in [0.3, 0.4) is 0 Å². The first-order valence-electron chi connectivity index (χ1n) is 8.93. The molecule has 0 fully saturated rings. The van der Waals surface area contributed by atoms with Gasteiger partial charge in [-0.2, -0.15) is 0 Å². The van der Waals surface area contributed by atoms with Crippen LogP contribution in [0, 0.1) is 0 Å². The first-order chi connectivity index (χ1) is 14.1. The number of rotatable bonds is 10. The second-order valence-corrected chi connectivity index (χ2v) is 5.72. The SMILES string of the molecule is COc1ccc(OC(=O)NCCOCCNC(=O)Oc2ccc(CO)cc2)cc1. The Morgan fingerprint density at radius 2 is 1.24 bits per heavy atom. The Hall–Kier alpha value is -3.30. The maximum atomic E-state index is 11.7. The number of hydrogen-bond donors (Lipinski definition) is 3. The molecule has 0 aliphatic heterocycles. The van der Waals surface area contributed by atoms with E-state index in [2.05, 4.69) is 10.6 Å². The molecule has 2 aromatic carbocycles. The van der Waals surface area contributed by atoms with Crippen LogP contribution in [0.4, 0.5) is 9.59 Å². The van der Waals surface area contributed by atoms with E-state index in [1.807, 2.05) is 0 Å². The third kappa shape index (κ3) is 8.50. The van der Waals surface area contributed by atoms with Gasteiger partial charge < -0.3 is 34.7 Å². The van der Waals surface area contributed by atoms with E-state index in [0.717, 1.165) is 5.56 Å². The zero-order valence-electron chi connectivity index (χ0n) is 16.1. The number of methoxy groups -OCH3 is 1. The molecule has 29 heavy (non-hydrogen) atoms. The highest BCUT2D eigenvalue weighted by Gasteiger charge is 2.05. The van der Waals surface area contributed by atoms with Gasteiger partial charge in [0.1, 0.15) is 17.2 Å². The van der Waals surface area contributed by atoms with Crippen molar-refractivity contribution in [3.63, 3.8) is 0 Å². The number of benzene rings is 2. The minimum absolute atomic E-state index is 0.0716. The Kier molecular flexibility index (Phi) is 9.26. The van der Waals surface area contributed by atoms with Crippen LogP contribution in [-0.2, 0) is 11.3 Å². The topological polar surface area (TPSA) is 115 Å². The van der Waals surface area contributed by atoms with Crippen molar-refractivity contribution in [3.05, 3.63) is 54.1 Å². The Balaban J connectivity index is 1.50. The van der Waals surface area contributed by atoms with Crippen molar-refractivity contribution in [2.75, 3.05) is 33.4 Å². The summed E-state index contributed by atoms with van der Waals surface area (Å²) >= 11 is 0. The Labute approximate surface area is 168 Å². The van der Waals surface area contributed by atoms with E-state index in [1.54, 1.807) is 55.6 Å². The van der Waals surface area contributed by atoms with Crippen LogP contribution in [0.25, 0.3) is 0 Å². The van der Waals surface area contributed by atoms with Crippen LogP contribution in [0.5, 0.6) is 17.2 Å². The lowest BCUT2D eigenvalue weighted by molar-refractivity contribution is 0.132. The normalized spacial score (nSPS) is 10.1. The molecule has 0 heterocycles. The molecule has 2 amide bonds. The van der Waals surface area contributed by atoms with E-state index in [9.17, 15) is 9.59 Å². The molecule has 0 saturated heterocycles. The van der Waals surface area contributed by atoms with Gasteiger partial charge in [0.2, 0.25) is 0 Å². The lowest BCUT2D eigenvalue weighted by Crippen LogP contribution is -2.32. The molecular weight excluding hydrogens is 380 g/mol. The second kappa shape index (κ2) is 12.2. The van der Waals surface area contributed by atoms with E-state index in [0.29, 0.717) is 17.2 Å². The summed E-state index contributed by atoms with van der Waals surface area (Å²) in [7, 11) is 1.55. The van der Waals surface area contributed by atoms with Crippen LogP contribution < -0.4 is 24.8 Å². The number of carbonyl (C=O) groups is 2. The summed E-state index contributed by atoms with van der Waals surface area (Å²) in [6.07, 6.45) is -1.20. The van der Waals surface area contributed by atoms with Crippen molar-refractivity contribution in [1.82, 2.24) is 10.6 Å². The molecular formula is C20H24N2O7. The van der Waals surface area contributed by atoms with Crippen LogP contribution in [0.2, 0.25) is 0 Å². The van der Waals surface area contributed by atoms with Crippen LogP contribution in [-0.4, -0.2) is 50.7 Å². The average molecular weight is 404 g/mol. The van der Waals surface area contributed by atoms with E-state index < -0.39 is 12.2 Å². The Morgan fingerprint density at radius 3 is 1.69 bits per heavy atom.